The highest BCUT2D eigenvalue weighted by Crippen LogP contribution is 2.32. The van der Waals surface area contributed by atoms with Crippen LogP contribution < -0.4 is 15.5 Å². The lowest BCUT2D eigenvalue weighted by molar-refractivity contribution is 0.102. The number of nitrogens with zero attached hydrogens (tertiary/aromatic N) is 1. The number of unbranched alkanes of at least 4 members (excludes halogenated alkanes) is 1. The zero-order valence-electron chi connectivity index (χ0n) is 20.6. The molecular weight excluding hydrogens is 492 g/mol. The van der Waals surface area contributed by atoms with E-state index < -0.39 is 0 Å². The van der Waals surface area contributed by atoms with Crippen LogP contribution in [0, 0.1) is 6.92 Å². The Balaban J connectivity index is 2.04. The van der Waals surface area contributed by atoms with Crippen molar-refractivity contribution in [3.63, 3.8) is 0 Å². The zero-order valence-corrected chi connectivity index (χ0v) is 22.2. The summed E-state index contributed by atoms with van der Waals surface area (Å²) in [6.45, 7) is 8.08. The molecule has 0 radical (unpaired) electrons. The molecule has 1 N–H and O–H groups in total. The summed E-state index contributed by atoms with van der Waals surface area (Å²) in [5, 5.41) is 3.09. The number of halogens is 1. The van der Waals surface area contributed by atoms with E-state index >= 15 is 0 Å². The van der Waals surface area contributed by atoms with Crippen molar-refractivity contribution < 1.29 is 9.53 Å². The normalized spacial score (nSPS) is 10.9. The molecule has 0 aliphatic heterocycles. The molecule has 0 aliphatic rings. The highest BCUT2D eigenvalue weighted by molar-refractivity contribution is 9.10. The van der Waals surface area contributed by atoms with Gasteiger partial charge in [0, 0.05) is 24.1 Å². The molecule has 0 fully saturated rings. The number of aryl methyl sites for hydroxylation is 2. The largest absolute Gasteiger partial charge is 0.457 e. The molecule has 3 rings (SSSR count). The number of aromatic nitrogens is 1. The minimum Gasteiger partial charge on any atom is -0.457 e. The van der Waals surface area contributed by atoms with Gasteiger partial charge in [-0.05, 0) is 83.9 Å². The van der Waals surface area contributed by atoms with E-state index in [2.05, 4.69) is 28.2 Å². The van der Waals surface area contributed by atoms with E-state index in [4.69, 9.17) is 4.74 Å². The Morgan fingerprint density at radius 2 is 1.65 bits per heavy atom. The van der Waals surface area contributed by atoms with E-state index in [0.717, 1.165) is 52.5 Å². The quantitative estimate of drug-likeness (QED) is 0.328. The van der Waals surface area contributed by atoms with Crippen LogP contribution in [0.15, 0.2) is 51.7 Å². The number of pyridine rings is 1. The monoisotopic (exact) mass is 524 g/mol. The number of ether oxygens (including phenoxy) is 1. The van der Waals surface area contributed by atoms with Crippen LogP contribution in [0.5, 0.6) is 11.5 Å². The third-order valence-corrected chi connectivity index (χ3v) is 7.12. The lowest BCUT2D eigenvalue weighted by atomic mass is 10.0. The summed E-state index contributed by atoms with van der Waals surface area (Å²) in [6, 6.07) is 13.6. The molecule has 180 valence electrons. The molecule has 0 bridgehead atoms. The summed E-state index contributed by atoms with van der Waals surface area (Å²) >= 11 is 3.40. The Hall–Kier alpha value is -2.86. The maximum atomic E-state index is 13.6. The number of anilines is 1. The van der Waals surface area contributed by atoms with Crippen LogP contribution in [0.25, 0.3) is 0 Å². The van der Waals surface area contributed by atoms with Gasteiger partial charge < -0.3 is 14.6 Å². The van der Waals surface area contributed by atoms with E-state index in [1.54, 1.807) is 0 Å². The van der Waals surface area contributed by atoms with Crippen LogP contribution in [0.1, 0.15) is 66.5 Å². The molecule has 0 unspecified atom stereocenters. The molecule has 0 saturated carbocycles. The van der Waals surface area contributed by atoms with Gasteiger partial charge in [-0.15, -0.1) is 0 Å². The van der Waals surface area contributed by atoms with Crippen molar-refractivity contribution in [1.29, 1.82) is 0 Å². The molecule has 1 heterocycles. The zero-order chi connectivity index (χ0) is 24.8. The van der Waals surface area contributed by atoms with Crippen LogP contribution in [-0.2, 0) is 26.3 Å². The van der Waals surface area contributed by atoms with E-state index in [1.807, 2.05) is 74.9 Å². The Bertz CT molecular complexity index is 1210. The van der Waals surface area contributed by atoms with Crippen molar-refractivity contribution in [2.24, 2.45) is 7.05 Å². The number of hydrogen-bond donors (Lipinski definition) is 1. The number of carbonyl (C=O) groups excluding carboxylic acids is 1. The van der Waals surface area contributed by atoms with Gasteiger partial charge >= 0.3 is 0 Å². The average molecular weight is 525 g/mol. The second kappa shape index (κ2) is 11.5. The molecule has 0 spiro atoms. The van der Waals surface area contributed by atoms with Gasteiger partial charge in [0.1, 0.15) is 17.1 Å². The van der Waals surface area contributed by atoms with Gasteiger partial charge in [0.05, 0.1) is 4.47 Å². The van der Waals surface area contributed by atoms with Crippen LogP contribution >= 0.6 is 15.9 Å². The molecule has 34 heavy (non-hydrogen) atoms. The molecule has 0 saturated heterocycles. The van der Waals surface area contributed by atoms with E-state index in [1.165, 1.54) is 0 Å². The van der Waals surface area contributed by atoms with Crippen LogP contribution in [0.3, 0.4) is 0 Å². The van der Waals surface area contributed by atoms with Gasteiger partial charge in [-0.1, -0.05) is 45.4 Å². The number of para-hydroxylation sites is 1. The Morgan fingerprint density at radius 3 is 2.21 bits per heavy atom. The first kappa shape index (κ1) is 25.8. The predicted molar refractivity (Wildman–Crippen MR) is 142 cm³/mol. The fourth-order valence-electron chi connectivity index (χ4n) is 4.11. The van der Waals surface area contributed by atoms with Crippen LogP contribution in [0.2, 0.25) is 0 Å². The molecule has 2 aromatic carbocycles. The van der Waals surface area contributed by atoms with E-state index in [-0.39, 0.29) is 16.9 Å². The average Bonchev–Trinajstić information content (AvgIpc) is 2.85. The first-order chi connectivity index (χ1) is 16.3. The first-order valence-corrected chi connectivity index (χ1v) is 12.7. The summed E-state index contributed by atoms with van der Waals surface area (Å²) in [5.41, 5.74) is 4.23. The summed E-state index contributed by atoms with van der Waals surface area (Å²) in [7, 11) is 1.91. The van der Waals surface area contributed by atoms with E-state index in [0.29, 0.717) is 23.7 Å². The third-order valence-electron chi connectivity index (χ3n) is 6.19. The van der Waals surface area contributed by atoms with Crippen molar-refractivity contribution in [2.45, 2.75) is 59.8 Å². The topological polar surface area (TPSA) is 60.3 Å². The molecule has 5 nitrogen and oxygen atoms in total. The number of carbonyl (C=O) groups is 1. The third kappa shape index (κ3) is 5.44. The molecule has 1 aromatic heterocycles. The number of rotatable bonds is 9. The van der Waals surface area contributed by atoms with Gasteiger partial charge in [0.2, 0.25) is 5.43 Å². The maximum absolute atomic E-state index is 13.6. The molecule has 0 atom stereocenters. The minimum absolute atomic E-state index is 0.210. The summed E-state index contributed by atoms with van der Waals surface area (Å²) in [4.78, 5) is 26.8. The smallest absolute Gasteiger partial charge is 0.261 e. The second-order valence-corrected chi connectivity index (χ2v) is 9.20. The standard InChI is InChI=1S/C28H33BrN2O3/c1-6-9-15-23-24(27(32)25(29)18(4)31(23)5)28(33)30-26-19(7-2)16-22(17-20(26)8-3)34-21-13-11-10-12-14-21/h10-14,16-17H,6-9,15H2,1-5H3,(H,30,33). The van der Waals surface area contributed by atoms with Crippen LogP contribution in [0.4, 0.5) is 5.69 Å². The van der Waals surface area contributed by atoms with Gasteiger partial charge in [-0.25, -0.2) is 0 Å². The van der Waals surface area contributed by atoms with Crippen LogP contribution in [-0.4, -0.2) is 10.5 Å². The van der Waals surface area contributed by atoms with Crippen molar-refractivity contribution in [1.82, 2.24) is 4.57 Å². The summed E-state index contributed by atoms with van der Waals surface area (Å²) in [5.74, 6) is 1.13. The van der Waals surface area contributed by atoms with Gasteiger partial charge in [0.15, 0.2) is 0 Å². The number of hydrogen-bond acceptors (Lipinski definition) is 3. The van der Waals surface area contributed by atoms with Crippen molar-refractivity contribution in [3.8, 4) is 11.5 Å². The highest BCUT2D eigenvalue weighted by Gasteiger charge is 2.23. The predicted octanol–water partition coefficient (Wildman–Crippen LogP) is 6.97. The Kier molecular flexibility index (Phi) is 8.72. The fourth-order valence-corrected chi connectivity index (χ4v) is 4.57. The second-order valence-electron chi connectivity index (χ2n) is 8.41. The fraction of sp³-hybridized carbons (Fsp3) is 0.357. The van der Waals surface area contributed by atoms with Crippen molar-refractivity contribution in [2.75, 3.05) is 5.32 Å². The number of amides is 1. The molecule has 1 amide bonds. The number of benzene rings is 2. The number of nitrogens with one attached hydrogen (secondary N) is 1. The maximum Gasteiger partial charge on any atom is 0.261 e. The summed E-state index contributed by atoms with van der Waals surface area (Å²) < 4.78 is 8.44. The Morgan fingerprint density at radius 1 is 1.03 bits per heavy atom. The van der Waals surface area contributed by atoms with Gasteiger partial charge in [0.25, 0.3) is 5.91 Å². The lowest BCUT2D eigenvalue weighted by Crippen LogP contribution is -2.29. The van der Waals surface area contributed by atoms with Crippen molar-refractivity contribution in [3.05, 3.63) is 85.2 Å². The first-order valence-electron chi connectivity index (χ1n) is 11.9. The van der Waals surface area contributed by atoms with Gasteiger partial charge in [-0.2, -0.15) is 0 Å². The minimum atomic E-state index is -0.367. The Labute approximate surface area is 210 Å². The van der Waals surface area contributed by atoms with Crippen molar-refractivity contribution >= 4 is 27.5 Å². The van der Waals surface area contributed by atoms with E-state index in [9.17, 15) is 9.59 Å². The summed E-state index contributed by atoms with van der Waals surface area (Å²) in [6.07, 6.45) is 3.98. The molecule has 0 aliphatic carbocycles. The molecule has 6 heteroatoms. The van der Waals surface area contributed by atoms with Gasteiger partial charge in [-0.3, -0.25) is 9.59 Å². The lowest BCUT2D eigenvalue weighted by Gasteiger charge is -2.20. The molecular formula is C28H33BrN2O3. The molecule has 3 aromatic rings. The SMILES string of the molecule is CCCCc1c(C(=O)Nc2c(CC)cc(Oc3ccccc3)cc2CC)c(=O)c(Br)c(C)n1C. The highest BCUT2D eigenvalue weighted by atomic mass is 79.9.